The molecular formula is C12H24CuN4S4. The Bertz CT molecular complexity index is 278. The Morgan fingerprint density at radius 3 is 1.19 bits per heavy atom. The van der Waals surface area contributed by atoms with Crippen LogP contribution in [0.5, 0.6) is 0 Å². The molecule has 0 aromatic rings. The van der Waals surface area contributed by atoms with Crippen molar-refractivity contribution in [1.29, 1.82) is 0 Å². The Morgan fingerprint density at radius 2 is 0.952 bits per heavy atom. The number of rotatable bonds is 2. The second kappa shape index (κ2) is 13.4. The van der Waals surface area contributed by atoms with E-state index in [1.807, 2.05) is 0 Å². The number of piperidine rings is 2. The minimum atomic E-state index is 0. The topological polar surface area (TPSA) is 30.5 Å². The van der Waals surface area contributed by atoms with Crippen molar-refractivity contribution in [1.82, 2.24) is 20.9 Å². The van der Waals surface area contributed by atoms with Gasteiger partial charge in [0.05, 0.1) is 0 Å². The minimum absolute atomic E-state index is 0. The number of thiol groups is 2. The molecule has 127 valence electrons. The average Bonchev–Trinajstić information content (AvgIpc) is 2.40. The molecule has 4 nitrogen and oxygen atoms in total. The molecule has 9 heteroatoms. The van der Waals surface area contributed by atoms with Crippen molar-refractivity contribution in [3.63, 3.8) is 0 Å². The maximum absolute atomic E-state index is 4.79. The summed E-state index contributed by atoms with van der Waals surface area (Å²) in [4.78, 5) is 0. The van der Waals surface area contributed by atoms with Crippen LogP contribution in [-0.2, 0) is 17.1 Å². The van der Waals surface area contributed by atoms with Crippen LogP contribution in [0.1, 0.15) is 38.5 Å². The molecule has 2 saturated heterocycles. The third-order valence-electron chi connectivity index (χ3n) is 3.22. The van der Waals surface area contributed by atoms with Crippen molar-refractivity contribution in [3.05, 3.63) is 0 Å². The van der Waals surface area contributed by atoms with Crippen molar-refractivity contribution < 1.29 is 17.1 Å². The van der Waals surface area contributed by atoms with Crippen molar-refractivity contribution in [2.24, 2.45) is 0 Å². The van der Waals surface area contributed by atoms with Gasteiger partial charge in [0, 0.05) is 43.2 Å². The fourth-order valence-electron chi connectivity index (χ4n) is 2.28. The Hall–Kier alpha value is 0.919. The number of nitrogens with zero attached hydrogens (tertiary/aromatic N) is 2. The molecule has 0 aliphatic carbocycles. The van der Waals surface area contributed by atoms with Crippen molar-refractivity contribution in [2.45, 2.75) is 38.5 Å². The van der Waals surface area contributed by atoms with E-state index in [9.17, 15) is 0 Å². The number of hydrogen-bond acceptors (Lipinski definition) is 4. The molecule has 0 spiro atoms. The summed E-state index contributed by atoms with van der Waals surface area (Å²) in [6, 6.07) is 0. The summed E-state index contributed by atoms with van der Waals surface area (Å²) in [5, 5.41) is 4.25. The molecule has 0 amide bonds. The normalized spacial score (nSPS) is 19.5. The third kappa shape index (κ3) is 12.1. The van der Waals surface area contributed by atoms with E-state index in [0.717, 1.165) is 26.2 Å². The smallest absolute Gasteiger partial charge is 0.145 e. The minimum Gasteiger partial charge on any atom is -0.304 e. The van der Waals surface area contributed by atoms with Gasteiger partial charge in [-0.2, -0.15) is 0 Å². The molecule has 0 bridgehead atoms. The van der Waals surface area contributed by atoms with Crippen LogP contribution in [0, 0.1) is 0 Å². The first kappa shape index (κ1) is 21.9. The monoisotopic (exact) mass is 415 g/mol. The molecule has 2 rings (SSSR count). The van der Waals surface area contributed by atoms with Crippen LogP contribution in [0.2, 0.25) is 0 Å². The summed E-state index contributed by atoms with van der Waals surface area (Å²) in [6.45, 7) is 4.39. The molecule has 2 aliphatic heterocycles. The van der Waals surface area contributed by atoms with E-state index in [0.29, 0.717) is 8.64 Å². The largest absolute Gasteiger partial charge is 0.304 e. The van der Waals surface area contributed by atoms with Gasteiger partial charge in [0.25, 0.3) is 0 Å². The SMILES string of the molecule is S=C(S)NN1CCCCC1.S=C(S)NN1CCCCC1.[Cu]. The molecule has 2 heterocycles. The van der Waals surface area contributed by atoms with Crippen LogP contribution >= 0.6 is 49.7 Å². The number of nitrogens with one attached hydrogen (secondary N) is 2. The van der Waals surface area contributed by atoms with Gasteiger partial charge >= 0.3 is 0 Å². The van der Waals surface area contributed by atoms with Gasteiger partial charge < -0.3 is 10.9 Å². The summed E-state index contributed by atoms with van der Waals surface area (Å²) in [6.07, 6.45) is 7.76. The molecule has 2 fully saturated rings. The van der Waals surface area contributed by atoms with Gasteiger partial charge in [-0.25, -0.2) is 10.0 Å². The molecule has 1 radical (unpaired) electrons. The Balaban J connectivity index is 0.000000364. The first-order chi connectivity index (χ1) is 9.58. The van der Waals surface area contributed by atoms with E-state index in [1.54, 1.807) is 0 Å². The second-order valence-corrected chi connectivity index (χ2v) is 7.25. The van der Waals surface area contributed by atoms with Gasteiger partial charge in [-0.05, 0) is 25.7 Å². The molecule has 0 saturated carbocycles. The molecule has 0 unspecified atom stereocenters. The molecule has 0 aromatic heterocycles. The van der Waals surface area contributed by atoms with Crippen LogP contribution < -0.4 is 10.9 Å². The summed E-state index contributed by atoms with van der Waals surface area (Å²) < 4.78 is 1.14. The second-order valence-electron chi connectivity index (χ2n) is 4.93. The molecule has 21 heavy (non-hydrogen) atoms. The Kier molecular flexibility index (Phi) is 14.0. The maximum atomic E-state index is 4.79. The first-order valence-electron chi connectivity index (χ1n) is 7.07. The summed E-state index contributed by atoms with van der Waals surface area (Å²) in [5.41, 5.74) is 6.02. The quantitative estimate of drug-likeness (QED) is 0.314. The molecule has 0 atom stereocenters. The van der Waals surface area contributed by atoms with Gasteiger partial charge in [-0.1, -0.05) is 37.3 Å². The summed E-state index contributed by atoms with van der Waals surface area (Å²) >= 11 is 17.5. The van der Waals surface area contributed by atoms with Gasteiger partial charge in [0.15, 0.2) is 0 Å². The molecular weight excluding hydrogens is 392 g/mol. The van der Waals surface area contributed by atoms with Crippen molar-refractivity contribution in [3.8, 4) is 0 Å². The average molecular weight is 416 g/mol. The zero-order valence-electron chi connectivity index (χ0n) is 12.0. The van der Waals surface area contributed by atoms with Crippen LogP contribution in [0.15, 0.2) is 0 Å². The molecule has 0 aromatic carbocycles. The van der Waals surface area contributed by atoms with E-state index in [4.69, 9.17) is 24.4 Å². The predicted molar refractivity (Wildman–Crippen MR) is 100 cm³/mol. The summed E-state index contributed by atoms with van der Waals surface area (Å²) in [7, 11) is 0. The van der Waals surface area contributed by atoms with Crippen LogP contribution in [0.25, 0.3) is 0 Å². The Morgan fingerprint density at radius 1 is 0.667 bits per heavy atom. The number of hydrazine groups is 2. The van der Waals surface area contributed by atoms with E-state index in [2.05, 4.69) is 46.1 Å². The fourth-order valence-corrected chi connectivity index (χ4v) is 2.82. The number of thiocarbonyl (C=S) groups is 2. The number of hydrogen-bond donors (Lipinski definition) is 4. The van der Waals surface area contributed by atoms with Gasteiger partial charge in [0.2, 0.25) is 0 Å². The van der Waals surface area contributed by atoms with Crippen molar-refractivity contribution >= 4 is 58.3 Å². The molecule has 2 N–H and O–H groups in total. The maximum Gasteiger partial charge on any atom is 0.145 e. The van der Waals surface area contributed by atoms with Gasteiger partial charge in [-0.15, -0.1) is 25.3 Å². The van der Waals surface area contributed by atoms with Crippen LogP contribution in [0.3, 0.4) is 0 Å². The van der Waals surface area contributed by atoms with Crippen molar-refractivity contribution in [2.75, 3.05) is 26.2 Å². The zero-order chi connectivity index (χ0) is 14.8. The van der Waals surface area contributed by atoms with E-state index < -0.39 is 0 Å². The predicted octanol–water partition coefficient (Wildman–Crippen LogP) is 2.38. The standard InChI is InChI=1S/2C6H12N2S2.Cu/c2*9-6(10)7-8-4-2-1-3-5-8;/h2*1-5H2,(H2,7,9,10);. The summed E-state index contributed by atoms with van der Waals surface area (Å²) in [5.74, 6) is 0. The van der Waals surface area contributed by atoms with Crippen LogP contribution in [-0.4, -0.2) is 44.8 Å². The zero-order valence-corrected chi connectivity index (χ0v) is 16.3. The van der Waals surface area contributed by atoms with E-state index >= 15 is 0 Å². The van der Waals surface area contributed by atoms with Gasteiger partial charge in [-0.3, -0.25) is 0 Å². The van der Waals surface area contributed by atoms with E-state index in [-0.39, 0.29) is 17.1 Å². The fraction of sp³-hybridized carbons (Fsp3) is 0.833. The van der Waals surface area contributed by atoms with Gasteiger partial charge in [0.1, 0.15) is 8.64 Å². The van der Waals surface area contributed by atoms with Crippen LogP contribution in [0.4, 0.5) is 0 Å². The van der Waals surface area contributed by atoms with E-state index in [1.165, 1.54) is 38.5 Å². The molecule has 2 aliphatic rings. The first-order valence-corrected chi connectivity index (χ1v) is 8.78. The third-order valence-corrected chi connectivity index (χ3v) is 3.60. The Labute approximate surface area is 160 Å².